The summed E-state index contributed by atoms with van der Waals surface area (Å²) in [5.41, 5.74) is 1.49. The summed E-state index contributed by atoms with van der Waals surface area (Å²) in [6.07, 6.45) is 1.69. The first-order valence-electron chi connectivity index (χ1n) is 8.15. The Bertz CT molecular complexity index is 900. The number of hydrogen-bond acceptors (Lipinski definition) is 5. The van der Waals surface area contributed by atoms with Crippen molar-refractivity contribution in [3.05, 3.63) is 63.0 Å². The molecule has 5 nitrogen and oxygen atoms in total. The lowest BCUT2D eigenvalue weighted by Crippen LogP contribution is -2.33. The van der Waals surface area contributed by atoms with Gasteiger partial charge in [-0.15, -0.1) is 0 Å². The summed E-state index contributed by atoms with van der Waals surface area (Å²) in [6, 6.07) is 12.3. The topological polar surface area (TPSA) is 58.6 Å². The molecular formula is C19H16Cl2N2O3S. The Morgan fingerprint density at radius 1 is 1.11 bits per heavy atom. The van der Waals surface area contributed by atoms with Gasteiger partial charge >= 0.3 is 0 Å². The van der Waals surface area contributed by atoms with Gasteiger partial charge in [0.25, 0.3) is 11.1 Å². The van der Waals surface area contributed by atoms with Crippen LogP contribution in [0, 0.1) is 0 Å². The zero-order valence-corrected chi connectivity index (χ0v) is 16.7. The molecule has 0 radical (unpaired) electrons. The second-order valence-electron chi connectivity index (χ2n) is 5.58. The van der Waals surface area contributed by atoms with Crippen LogP contribution < -0.4 is 10.1 Å². The zero-order valence-electron chi connectivity index (χ0n) is 14.4. The number of hydrogen-bond donors (Lipinski definition) is 1. The number of thioether (sulfide) groups is 1. The summed E-state index contributed by atoms with van der Waals surface area (Å²) in [7, 11) is 0. The minimum absolute atomic E-state index is 0.0449. The fraction of sp³-hybridized carbons (Fsp3) is 0.158. The van der Waals surface area contributed by atoms with Crippen LogP contribution in [0.15, 0.2) is 47.4 Å². The third-order valence-corrected chi connectivity index (χ3v) is 5.37. The predicted molar refractivity (Wildman–Crippen MR) is 110 cm³/mol. The normalized spacial score (nSPS) is 15.5. The van der Waals surface area contributed by atoms with Crippen LogP contribution in [0.4, 0.5) is 10.5 Å². The van der Waals surface area contributed by atoms with Crippen molar-refractivity contribution in [3.63, 3.8) is 0 Å². The summed E-state index contributed by atoms with van der Waals surface area (Å²) in [4.78, 5) is 26.2. The largest absolute Gasteiger partial charge is 0.494 e. The number of halogens is 2. The molecule has 1 fully saturated rings. The molecule has 1 saturated heterocycles. The fourth-order valence-electron chi connectivity index (χ4n) is 2.39. The smallest absolute Gasteiger partial charge is 0.295 e. The van der Waals surface area contributed by atoms with E-state index in [-0.39, 0.29) is 17.8 Å². The minimum atomic E-state index is -0.341. The second-order valence-corrected chi connectivity index (χ2v) is 7.38. The van der Waals surface area contributed by atoms with Crippen molar-refractivity contribution in [2.24, 2.45) is 0 Å². The highest BCUT2D eigenvalue weighted by Crippen LogP contribution is 2.32. The van der Waals surface area contributed by atoms with E-state index < -0.39 is 0 Å². The van der Waals surface area contributed by atoms with Crippen LogP contribution >= 0.6 is 35.0 Å². The summed E-state index contributed by atoms with van der Waals surface area (Å²) in [6.45, 7) is 2.54. The second kappa shape index (κ2) is 8.69. The molecule has 0 spiro atoms. The van der Waals surface area contributed by atoms with Crippen molar-refractivity contribution in [3.8, 4) is 5.75 Å². The fourth-order valence-corrected chi connectivity index (χ4v) is 3.53. The number of amides is 2. The Labute approximate surface area is 171 Å². The molecule has 3 rings (SSSR count). The zero-order chi connectivity index (χ0) is 19.4. The first-order valence-corrected chi connectivity index (χ1v) is 9.72. The van der Waals surface area contributed by atoms with Crippen LogP contribution in [0.1, 0.15) is 12.5 Å². The van der Waals surface area contributed by atoms with Crippen molar-refractivity contribution in [1.29, 1.82) is 0 Å². The summed E-state index contributed by atoms with van der Waals surface area (Å²) >= 11 is 12.8. The number of carbonyl (C=O) groups is 2. The quantitative estimate of drug-likeness (QED) is 0.622. The van der Waals surface area contributed by atoms with Gasteiger partial charge in [0.2, 0.25) is 0 Å². The molecule has 1 aliphatic rings. The molecule has 0 aromatic heterocycles. The van der Waals surface area contributed by atoms with Crippen molar-refractivity contribution in [2.75, 3.05) is 18.6 Å². The molecule has 27 heavy (non-hydrogen) atoms. The number of nitrogens with zero attached hydrogens (tertiary/aromatic N) is 1. The third-order valence-electron chi connectivity index (χ3n) is 3.72. The van der Waals surface area contributed by atoms with Crippen LogP contribution in [-0.2, 0) is 4.79 Å². The van der Waals surface area contributed by atoms with E-state index in [1.54, 1.807) is 24.3 Å². The van der Waals surface area contributed by atoms with E-state index in [1.807, 2.05) is 31.2 Å². The van der Waals surface area contributed by atoms with E-state index in [4.69, 9.17) is 27.9 Å². The van der Waals surface area contributed by atoms with Gasteiger partial charge in [-0.3, -0.25) is 14.5 Å². The van der Waals surface area contributed by atoms with Crippen LogP contribution in [0.25, 0.3) is 6.08 Å². The van der Waals surface area contributed by atoms with Gasteiger partial charge in [0.15, 0.2) is 0 Å². The Balaban J connectivity index is 1.67. The van der Waals surface area contributed by atoms with E-state index >= 15 is 0 Å². The molecule has 1 N–H and O–H groups in total. The first kappa shape index (κ1) is 19.6. The highest BCUT2D eigenvalue weighted by Gasteiger charge is 2.34. The molecule has 0 bridgehead atoms. The van der Waals surface area contributed by atoms with Crippen LogP contribution in [0.5, 0.6) is 5.75 Å². The van der Waals surface area contributed by atoms with Crippen molar-refractivity contribution >= 4 is 57.9 Å². The van der Waals surface area contributed by atoms with E-state index in [0.29, 0.717) is 27.2 Å². The van der Waals surface area contributed by atoms with Crippen molar-refractivity contribution in [1.82, 2.24) is 4.90 Å². The summed E-state index contributed by atoms with van der Waals surface area (Å²) in [5, 5.41) is 3.51. The van der Waals surface area contributed by atoms with Gasteiger partial charge in [0.05, 0.1) is 28.2 Å². The number of imide groups is 1. The highest BCUT2D eigenvalue weighted by molar-refractivity contribution is 8.18. The highest BCUT2D eigenvalue weighted by atomic mass is 35.5. The Kier molecular flexibility index (Phi) is 6.31. The molecule has 2 aromatic carbocycles. The Morgan fingerprint density at radius 3 is 2.52 bits per heavy atom. The number of carbonyl (C=O) groups excluding carboxylic acids is 2. The maximum absolute atomic E-state index is 12.5. The van der Waals surface area contributed by atoms with Gasteiger partial charge in [0, 0.05) is 5.69 Å². The monoisotopic (exact) mass is 422 g/mol. The predicted octanol–water partition coefficient (Wildman–Crippen LogP) is 5.50. The molecule has 140 valence electrons. The third kappa shape index (κ3) is 4.77. The van der Waals surface area contributed by atoms with Gasteiger partial charge in [-0.05, 0) is 60.7 Å². The van der Waals surface area contributed by atoms with Gasteiger partial charge < -0.3 is 10.1 Å². The number of anilines is 1. The van der Waals surface area contributed by atoms with Crippen molar-refractivity contribution < 1.29 is 14.3 Å². The molecule has 0 aliphatic carbocycles. The standard InChI is InChI=1S/C19H16Cl2N2O3S/c1-2-26-14-6-3-12(4-7-14)9-17-18(24)23(19(25)27-17)11-22-13-5-8-15(20)16(21)10-13/h3-10,22H,2,11H2,1H3/b17-9-. The van der Waals surface area contributed by atoms with Gasteiger partial charge in [-0.1, -0.05) is 35.3 Å². The number of rotatable bonds is 6. The molecule has 2 aromatic rings. The van der Waals surface area contributed by atoms with Gasteiger partial charge in [-0.25, -0.2) is 0 Å². The van der Waals surface area contributed by atoms with E-state index in [1.165, 1.54) is 0 Å². The molecule has 1 aliphatic heterocycles. The maximum atomic E-state index is 12.5. The maximum Gasteiger partial charge on any atom is 0.295 e. The van der Waals surface area contributed by atoms with E-state index in [9.17, 15) is 9.59 Å². The molecule has 8 heteroatoms. The average molecular weight is 423 g/mol. The van der Waals surface area contributed by atoms with Gasteiger partial charge in [0.1, 0.15) is 5.75 Å². The number of ether oxygens (including phenoxy) is 1. The lowest BCUT2D eigenvalue weighted by molar-refractivity contribution is -0.122. The first-order chi connectivity index (χ1) is 13.0. The minimum Gasteiger partial charge on any atom is -0.494 e. The Hall–Kier alpha value is -2.15. The van der Waals surface area contributed by atoms with Crippen LogP contribution in [0.2, 0.25) is 10.0 Å². The lowest BCUT2D eigenvalue weighted by atomic mass is 10.2. The molecule has 2 amide bonds. The van der Waals surface area contributed by atoms with Crippen LogP contribution in [0.3, 0.4) is 0 Å². The van der Waals surface area contributed by atoms with Gasteiger partial charge in [-0.2, -0.15) is 0 Å². The SMILES string of the molecule is CCOc1ccc(/C=C2\SC(=O)N(CNc3ccc(Cl)c(Cl)c3)C2=O)cc1. The number of benzene rings is 2. The molecule has 1 heterocycles. The van der Waals surface area contributed by atoms with E-state index in [2.05, 4.69) is 5.32 Å². The molecule has 0 atom stereocenters. The van der Waals surface area contributed by atoms with Crippen molar-refractivity contribution in [2.45, 2.75) is 6.92 Å². The Morgan fingerprint density at radius 2 is 1.85 bits per heavy atom. The summed E-state index contributed by atoms with van der Waals surface area (Å²) < 4.78 is 5.39. The van der Waals surface area contributed by atoms with Crippen LogP contribution in [-0.4, -0.2) is 29.3 Å². The molecule has 0 unspecified atom stereocenters. The average Bonchev–Trinajstić information content (AvgIpc) is 2.91. The molecular weight excluding hydrogens is 407 g/mol. The molecule has 0 saturated carbocycles. The summed E-state index contributed by atoms with van der Waals surface area (Å²) in [5.74, 6) is 0.417. The lowest BCUT2D eigenvalue weighted by Gasteiger charge is -2.14. The van der Waals surface area contributed by atoms with E-state index in [0.717, 1.165) is 28.0 Å². The number of nitrogens with one attached hydrogen (secondary N) is 1.